The molecule has 1 aromatic heterocycles. The molecule has 1 amide bonds. The van der Waals surface area contributed by atoms with Crippen LogP contribution in [0.15, 0.2) is 27.2 Å². The van der Waals surface area contributed by atoms with E-state index in [1.165, 1.54) is 6.07 Å². The molecule has 100 valence electrons. The average molecular weight is 325 g/mol. The number of rotatable bonds is 3. The Kier molecular flexibility index (Phi) is 3.90. The lowest BCUT2D eigenvalue weighted by Crippen LogP contribution is -2.13. The molecule has 2 rings (SSSR count). The fourth-order valence-corrected chi connectivity index (χ4v) is 2.04. The number of anilines is 1. The first-order valence-electron chi connectivity index (χ1n) is 5.78. The SMILES string of the molecule is CCc1onc(C)c1NC(=O)c1ccc(Br)cc1O. The monoisotopic (exact) mass is 324 g/mol. The summed E-state index contributed by atoms with van der Waals surface area (Å²) in [5, 5.41) is 16.3. The van der Waals surface area contributed by atoms with E-state index in [1.54, 1.807) is 19.1 Å². The summed E-state index contributed by atoms with van der Waals surface area (Å²) in [5.74, 6) is 0.132. The summed E-state index contributed by atoms with van der Waals surface area (Å²) in [4.78, 5) is 12.1. The van der Waals surface area contributed by atoms with Gasteiger partial charge in [-0.2, -0.15) is 0 Å². The Morgan fingerprint density at radius 2 is 2.26 bits per heavy atom. The molecule has 19 heavy (non-hydrogen) atoms. The lowest BCUT2D eigenvalue weighted by Gasteiger charge is -2.07. The molecule has 0 aliphatic carbocycles. The van der Waals surface area contributed by atoms with Crippen LogP contribution in [-0.2, 0) is 6.42 Å². The van der Waals surface area contributed by atoms with E-state index in [-0.39, 0.29) is 11.3 Å². The molecule has 0 aliphatic rings. The van der Waals surface area contributed by atoms with Crippen LogP contribution in [0.4, 0.5) is 5.69 Å². The standard InChI is InChI=1S/C13H13BrN2O3/c1-3-11-12(7(2)16-19-11)15-13(18)9-5-4-8(14)6-10(9)17/h4-6,17H,3H2,1-2H3,(H,15,18). The Morgan fingerprint density at radius 1 is 1.53 bits per heavy atom. The Balaban J connectivity index is 2.28. The van der Waals surface area contributed by atoms with Gasteiger partial charge in [-0.05, 0) is 25.1 Å². The number of carbonyl (C=O) groups is 1. The number of nitrogens with zero attached hydrogens (tertiary/aromatic N) is 1. The number of amides is 1. The van der Waals surface area contributed by atoms with Crippen LogP contribution in [0.3, 0.4) is 0 Å². The van der Waals surface area contributed by atoms with Crippen molar-refractivity contribution in [2.45, 2.75) is 20.3 Å². The number of benzene rings is 1. The van der Waals surface area contributed by atoms with Crippen molar-refractivity contribution in [2.75, 3.05) is 5.32 Å². The molecule has 6 heteroatoms. The van der Waals surface area contributed by atoms with Crippen molar-refractivity contribution >= 4 is 27.5 Å². The third-order valence-corrected chi connectivity index (χ3v) is 3.19. The van der Waals surface area contributed by atoms with Gasteiger partial charge in [0.05, 0.1) is 5.56 Å². The Morgan fingerprint density at radius 3 is 2.89 bits per heavy atom. The van der Waals surface area contributed by atoms with Gasteiger partial charge < -0.3 is 14.9 Å². The van der Waals surface area contributed by atoms with E-state index in [4.69, 9.17) is 4.52 Å². The van der Waals surface area contributed by atoms with Crippen molar-refractivity contribution in [1.82, 2.24) is 5.16 Å². The number of phenols is 1. The number of phenolic OH excluding ortho intramolecular Hbond substituents is 1. The molecule has 0 fully saturated rings. The highest BCUT2D eigenvalue weighted by atomic mass is 79.9. The molecule has 5 nitrogen and oxygen atoms in total. The van der Waals surface area contributed by atoms with Gasteiger partial charge in [0.15, 0.2) is 5.76 Å². The number of aromatic nitrogens is 1. The number of aryl methyl sites for hydroxylation is 2. The van der Waals surface area contributed by atoms with Gasteiger partial charge >= 0.3 is 0 Å². The van der Waals surface area contributed by atoms with Crippen LogP contribution in [0.5, 0.6) is 5.75 Å². The van der Waals surface area contributed by atoms with Gasteiger partial charge in [0.1, 0.15) is 17.1 Å². The molecule has 1 aromatic carbocycles. The molecule has 0 saturated carbocycles. The van der Waals surface area contributed by atoms with Gasteiger partial charge in [0, 0.05) is 10.9 Å². The summed E-state index contributed by atoms with van der Waals surface area (Å²) >= 11 is 3.22. The Bertz CT molecular complexity index is 622. The van der Waals surface area contributed by atoms with Gasteiger partial charge in [-0.25, -0.2) is 0 Å². The molecular weight excluding hydrogens is 312 g/mol. The molecule has 0 saturated heterocycles. The smallest absolute Gasteiger partial charge is 0.259 e. The van der Waals surface area contributed by atoms with Crippen LogP contribution >= 0.6 is 15.9 Å². The normalized spacial score (nSPS) is 10.5. The molecule has 0 atom stereocenters. The summed E-state index contributed by atoms with van der Waals surface area (Å²) in [7, 11) is 0. The number of hydrogen-bond acceptors (Lipinski definition) is 4. The van der Waals surface area contributed by atoms with Crippen molar-refractivity contribution in [1.29, 1.82) is 0 Å². The number of hydrogen-bond donors (Lipinski definition) is 2. The van der Waals surface area contributed by atoms with Crippen molar-refractivity contribution in [3.8, 4) is 5.75 Å². The van der Waals surface area contributed by atoms with Gasteiger partial charge in [-0.15, -0.1) is 0 Å². The van der Waals surface area contributed by atoms with E-state index in [0.29, 0.717) is 28.0 Å². The lowest BCUT2D eigenvalue weighted by atomic mass is 10.1. The third-order valence-electron chi connectivity index (χ3n) is 2.70. The molecule has 0 bridgehead atoms. The van der Waals surface area contributed by atoms with Crippen LogP contribution in [0.2, 0.25) is 0 Å². The maximum Gasteiger partial charge on any atom is 0.259 e. The summed E-state index contributed by atoms with van der Waals surface area (Å²) < 4.78 is 5.80. The quantitative estimate of drug-likeness (QED) is 0.908. The average Bonchev–Trinajstić information content (AvgIpc) is 2.70. The fourth-order valence-electron chi connectivity index (χ4n) is 1.70. The fraction of sp³-hybridized carbons (Fsp3) is 0.231. The predicted molar refractivity (Wildman–Crippen MR) is 74.4 cm³/mol. The molecule has 1 heterocycles. The van der Waals surface area contributed by atoms with E-state index in [9.17, 15) is 9.90 Å². The zero-order valence-electron chi connectivity index (χ0n) is 10.5. The summed E-state index contributed by atoms with van der Waals surface area (Å²) in [6.07, 6.45) is 0.628. The first-order valence-corrected chi connectivity index (χ1v) is 6.57. The molecule has 0 unspecified atom stereocenters. The number of halogens is 1. The molecule has 0 radical (unpaired) electrons. The van der Waals surface area contributed by atoms with Gasteiger partial charge in [0.25, 0.3) is 5.91 Å². The maximum absolute atomic E-state index is 12.1. The topological polar surface area (TPSA) is 75.4 Å². The van der Waals surface area contributed by atoms with E-state index in [2.05, 4.69) is 26.4 Å². The minimum Gasteiger partial charge on any atom is -0.507 e. The maximum atomic E-state index is 12.1. The Hall–Kier alpha value is -1.82. The molecule has 0 aliphatic heterocycles. The van der Waals surface area contributed by atoms with Crippen LogP contribution in [0.25, 0.3) is 0 Å². The summed E-state index contributed by atoms with van der Waals surface area (Å²) in [6.45, 7) is 3.66. The van der Waals surface area contributed by atoms with Crippen LogP contribution in [-0.4, -0.2) is 16.2 Å². The van der Waals surface area contributed by atoms with Crippen LogP contribution in [0, 0.1) is 6.92 Å². The summed E-state index contributed by atoms with van der Waals surface area (Å²) in [5.41, 5.74) is 1.38. The second kappa shape index (κ2) is 5.44. The van der Waals surface area contributed by atoms with Gasteiger partial charge in [-0.1, -0.05) is 28.0 Å². The highest BCUT2D eigenvalue weighted by molar-refractivity contribution is 9.10. The van der Waals surface area contributed by atoms with Crippen LogP contribution < -0.4 is 5.32 Å². The second-order valence-electron chi connectivity index (χ2n) is 4.04. The lowest BCUT2D eigenvalue weighted by molar-refractivity contribution is 0.102. The van der Waals surface area contributed by atoms with E-state index in [0.717, 1.165) is 0 Å². The number of carbonyl (C=O) groups excluding carboxylic acids is 1. The molecule has 2 aromatic rings. The molecular formula is C13H13BrN2O3. The highest BCUT2D eigenvalue weighted by Crippen LogP contribution is 2.25. The predicted octanol–water partition coefficient (Wildman–Crippen LogP) is 3.27. The van der Waals surface area contributed by atoms with Crippen molar-refractivity contribution in [3.05, 3.63) is 39.7 Å². The Labute approximate surface area is 118 Å². The molecule has 0 spiro atoms. The van der Waals surface area contributed by atoms with Crippen molar-refractivity contribution < 1.29 is 14.4 Å². The van der Waals surface area contributed by atoms with Crippen molar-refractivity contribution in [2.24, 2.45) is 0 Å². The third kappa shape index (κ3) is 2.78. The number of nitrogens with one attached hydrogen (secondary N) is 1. The summed E-state index contributed by atoms with van der Waals surface area (Å²) in [6, 6.07) is 4.70. The van der Waals surface area contributed by atoms with Crippen molar-refractivity contribution in [3.63, 3.8) is 0 Å². The van der Waals surface area contributed by atoms with Crippen LogP contribution in [0.1, 0.15) is 28.7 Å². The van der Waals surface area contributed by atoms with Gasteiger partial charge in [-0.3, -0.25) is 4.79 Å². The largest absolute Gasteiger partial charge is 0.507 e. The first-order chi connectivity index (χ1) is 9.02. The van der Waals surface area contributed by atoms with E-state index in [1.807, 2.05) is 6.92 Å². The second-order valence-corrected chi connectivity index (χ2v) is 4.95. The zero-order valence-corrected chi connectivity index (χ0v) is 12.1. The van der Waals surface area contributed by atoms with E-state index >= 15 is 0 Å². The highest BCUT2D eigenvalue weighted by Gasteiger charge is 2.17. The zero-order chi connectivity index (χ0) is 14.0. The minimum atomic E-state index is -0.397. The number of aromatic hydroxyl groups is 1. The van der Waals surface area contributed by atoms with Gasteiger partial charge in [0.2, 0.25) is 0 Å². The minimum absolute atomic E-state index is 0.0842. The molecule has 2 N–H and O–H groups in total. The van der Waals surface area contributed by atoms with E-state index < -0.39 is 5.91 Å². The first kappa shape index (κ1) is 13.6.